The van der Waals surface area contributed by atoms with Crippen LogP contribution in [0.15, 0.2) is 231 Å². The second kappa shape index (κ2) is 22.1. The van der Waals surface area contributed by atoms with Gasteiger partial charge in [0.05, 0.1) is 0 Å². The molecule has 0 saturated carbocycles. The van der Waals surface area contributed by atoms with E-state index in [1.54, 1.807) is 0 Å². The van der Waals surface area contributed by atoms with E-state index in [1.807, 2.05) is 6.20 Å². The number of fused-ring (bicyclic) bond motifs is 7. The molecular weight excluding hydrogens is 1260 g/mol. The first kappa shape index (κ1) is 59.2. The molecule has 0 N–H and O–H groups in total. The molecule has 5 nitrogen and oxygen atoms in total. The molecule has 14 rings (SSSR count). The van der Waals surface area contributed by atoms with Crippen molar-refractivity contribution < 1.29 is 25.8 Å². The van der Waals surface area contributed by atoms with Gasteiger partial charge < -0.3 is 19.1 Å². The molecule has 0 amide bonds. The van der Waals surface area contributed by atoms with E-state index in [1.165, 1.54) is 50.1 Å². The zero-order chi connectivity index (χ0) is 61.1. The molecule has 2 aliphatic rings. The van der Waals surface area contributed by atoms with Crippen molar-refractivity contribution in [1.82, 2.24) is 9.55 Å². The third kappa shape index (κ3) is 10.3. The predicted octanol–water partition coefficient (Wildman–Crippen LogP) is 21.9. The zero-order valence-electron chi connectivity index (χ0n) is 53.0. The van der Waals surface area contributed by atoms with E-state index in [-0.39, 0.29) is 42.7 Å². The molecule has 2 aromatic heterocycles. The van der Waals surface area contributed by atoms with Crippen molar-refractivity contribution in [3.63, 3.8) is 0 Å². The minimum atomic E-state index is -0.807. The third-order valence-electron chi connectivity index (χ3n) is 18.3. The Morgan fingerprint density at radius 3 is 1.63 bits per heavy atom. The SMILES string of the molecule is CC(C)(C)c1ccc(C2(c3cc(Oc4[c-]c5c(cc4)c4ccccc4n5-c4cc(C(C)(C)C)ccn4)[c-]c(N4[CH-]N(c5c(-c6ccccc6)cc(C(C)(C)C)cc5-c5ccccc5)c5ccccc54)c3)c3ccccc3-c3ccc(C(C)(C)C)cc32)cc1.[Pt]. The number of benzene rings is 10. The number of anilines is 4. The van der Waals surface area contributed by atoms with Gasteiger partial charge in [0.1, 0.15) is 5.82 Å². The second-order valence-electron chi connectivity index (χ2n) is 28.2. The molecule has 0 radical (unpaired) electrons. The quantitative estimate of drug-likeness (QED) is 0.135. The summed E-state index contributed by atoms with van der Waals surface area (Å²) in [7, 11) is 0. The zero-order valence-corrected chi connectivity index (χ0v) is 55.3. The molecule has 12 aromatic rings. The van der Waals surface area contributed by atoms with E-state index in [0.717, 1.165) is 78.2 Å². The molecule has 89 heavy (non-hydrogen) atoms. The fraction of sp³-hybridized carbons (Fsp3) is 0.205. The van der Waals surface area contributed by atoms with Gasteiger partial charge in [0.15, 0.2) is 0 Å². The first-order valence-electron chi connectivity index (χ1n) is 31.0. The largest absolute Gasteiger partial charge is 0.509 e. The van der Waals surface area contributed by atoms with Crippen molar-refractivity contribution >= 4 is 44.6 Å². The van der Waals surface area contributed by atoms with Crippen LogP contribution in [0.3, 0.4) is 0 Å². The Morgan fingerprint density at radius 2 is 0.978 bits per heavy atom. The van der Waals surface area contributed by atoms with Crippen LogP contribution in [0.4, 0.5) is 22.7 Å². The van der Waals surface area contributed by atoms with E-state index < -0.39 is 5.41 Å². The summed E-state index contributed by atoms with van der Waals surface area (Å²) in [5.74, 6) is 1.97. The summed E-state index contributed by atoms with van der Waals surface area (Å²) in [6, 6.07) is 90.6. The summed E-state index contributed by atoms with van der Waals surface area (Å²) < 4.78 is 9.69. The minimum absolute atomic E-state index is 0. The number of hydrogen-bond acceptors (Lipinski definition) is 4. The fourth-order valence-corrected chi connectivity index (χ4v) is 13.5. The van der Waals surface area contributed by atoms with E-state index in [4.69, 9.17) is 9.72 Å². The maximum atomic E-state index is 7.45. The number of aromatic nitrogens is 2. The molecule has 446 valence electrons. The molecule has 1 aliphatic heterocycles. The van der Waals surface area contributed by atoms with Crippen LogP contribution in [0, 0.1) is 18.8 Å². The summed E-state index contributed by atoms with van der Waals surface area (Å²) in [5, 5.41) is 2.19. The van der Waals surface area contributed by atoms with Crippen molar-refractivity contribution in [2.24, 2.45) is 0 Å². The average molecular weight is 1340 g/mol. The molecule has 1 aliphatic carbocycles. The second-order valence-corrected chi connectivity index (χ2v) is 28.2. The van der Waals surface area contributed by atoms with Crippen LogP contribution in [-0.2, 0) is 48.1 Å². The molecule has 3 heterocycles. The van der Waals surface area contributed by atoms with Gasteiger partial charge >= 0.3 is 0 Å². The van der Waals surface area contributed by atoms with Gasteiger partial charge in [-0.1, -0.05) is 246 Å². The molecule has 0 fully saturated rings. The Kier molecular flexibility index (Phi) is 14.7. The van der Waals surface area contributed by atoms with Crippen LogP contribution in [0.25, 0.3) is 61.0 Å². The molecule has 0 spiro atoms. The van der Waals surface area contributed by atoms with E-state index in [0.29, 0.717) is 11.5 Å². The van der Waals surface area contributed by atoms with Crippen molar-refractivity contribution in [2.75, 3.05) is 9.80 Å². The summed E-state index contributed by atoms with van der Waals surface area (Å²) in [4.78, 5) is 9.76. The van der Waals surface area contributed by atoms with Crippen LogP contribution < -0.4 is 14.5 Å². The standard InChI is InChI=1S/C83H75N4O.Pt/c1-79(2,3)56-35-37-57(38-36-56)83(71-31-21-19-29-65(71)66-41-39-58(49-72(66)83)80(4,5)6)61-45-62(51-64(46-61)88-63-40-42-68-67-30-20-22-32-73(67)87(76(68)52-63)77-50-59(43-44-84-77)81(7,8)9)85-53-86(75-34-24-23-33-74(75)85)78-69(54-25-15-13-16-26-54)47-60(82(10,11)12)48-70(78)55-27-17-14-18-28-55;/h13-50,53H,1-12H3;/q-3;. The van der Waals surface area contributed by atoms with Crippen LogP contribution >= 0.6 is 0 Å². The number of hydrogen-bond donors (Lipinski definition) is 0. The number of pyridine rings is 1. The van der Waals surface area contributed by atoms with Gasteiger partial charge in [-0.25, -0.2) is 4.98 Å². The summed E-state index contributed by atoms with van der Waals surface area (Å²) in [6.45, 7) is 29.8. The Bertz CT molecular complexity index is 4610. The Labute approximate surface area is 541 Å². The van der Waals surface area contributed by atoms with Gasteiger partial charge in [-0.05, 0) is 131 Å². The van der Waals surface area contributed by atoms with Gasteiger partial charge in [-0.2, -0.15) is 6.07 Å². The van der Waals surface area contributed by atoms with Gasteiger partial charge in [-0.15, -0.1) is 53.6 Å². The van der Waals surface area contributed by atoms with Gasteiger partial charge in [0.25, 0.3) is 0 Å². The monoisotopic (exact) mass is 1340 g/mol. The number of nitrogens with zero attached hydrogens (tertiary/aromatic N) is 4. The van der Waals surface area contributed by atoms with Gasteiger partial charge in [-0.3, -0.25) is 0 Å². The number of para-hydroxylation sites is 3. The van der Waals surface area contributed by atoms with Crippen molar-refractivity contribution in [1.29, 1.82) is 0 Å². The maximum absolute atomic E-state index is 7.45. The summed E-state index contributed by atoms with van der Waals surface area (Å²) in [5.41, 5.74) is 21.5. The van der Waals surface area contributed by atoms with Crippen molar-refractivity contribution in [3.05, 3.63) is 294 Å². The fourth-order valence-electron chi connectivity index (χ4n) is 13.5. The molecular formula is C83H75N4OPt-3. The number of ether oxygens (including phenoxy) is 1. The molecule has 1 unspecified atom stereocenters. The third-order valence-corrected chi connectivity index (χ3v) is 18.3. The van der Waals surface area contributed by atoms with E-state index in [9.17, 15) is 0 Å². The Morgan fingerprint density at radius 1 is 0.416 bits per heavy atom. The molecule has 6 heteroatoms. The van der Waals surface area contributed by atoms with E-state index in [2.05, 4.69) is 341 Å². The molecule has 10 aromatic carbocycles. The average Bonchev–Trinajstić information content (AvgIpc) is 1.57. The topological polar surface area (TPSA) is 33.5 Å². The smallest absolute Gasteiger partial charge is 0.135 e. The minimum Gasteiger partial charge on any atom is -0.509 e. The van der Waals surface area contributed by atoms with E-state index >= 15 is 0 Å². The van der Waals surface area contributed by atoms with Gasteiger partial charge in [0, 0.05) is 77.9 Å². The van der Waals surface area contributed by atoms with Crippen molar-refractivity contribution in [2.45, 2.75) is 110 Å². The van der Waals surface area contributed by atoms with Crippen LogP contribution in [0.1, 0.15) is 128 Å². The van der Waals surface area contributed by atoms with Crippen LogP contribution in [-0.4, -0.2) is 9.55 Å². The first-order valence-corrected chi connectivity index (χ1v) is 31.0. The molecule has 0 saturated heterocycles. The summed E-state index contributed by atoms with van der Waals surface area (Å²) in [6.07, 6.45) is 1.93. The Hall–Kier alpha value is -8.76. The van der Waals surface area contributed by atoms with Crippen LogP contribution in [0.2, 0.25) is 0 Å². The first-order chi connectivity index (χ1) is 42.1. The molecule has 0 bridgehead atoms. The van der Waals surface area contributed by atoms with Gasteiger partial charge in [0.2, 0.25) is 0 Å². The molecule has 1 atom stereocenters. The normalized spacial score (nSPS) is 14.8. The van der Waals surface area contributed by atoms with Crippen molar-refractivity contribution in [3.8, 4) is 50.7 Å². The number of rotatable bonds is 9. The predicted molar refractivity (Wildman–Crippen MR) is 367 cm³/mol. The van der Waals surface area contributed by atoms with Crippen LogP contribution in [0.5, 0.6) is 11.5 Å². The summed E-state index contributed by atoms with van der Waals surface area (Å²) >= 11 is 0. The Balaban J connectivity index is 0.00000729. The maximum Gasteiger partial charge on any atom is 0.135 e.